The second-order valence-electron chi connectivity index (χ2n) is 3.55. The third-order valence-corrected chi connectivity index (χ3v) is 3.07. The van der Waals surface area contributed by atoms with Crippen LogP contribution in [0.2, 0.25) is 0 Å². The number of anilines is 1. The molecule has 0 unspecified atom stereocenters. The van der Waals surface area contributed by atoms with Crippen molar-refractivity contribution in [1.29, 1.82) is 0 Å². The van der Waals surface area contributed by atoms with E-state index in [1.54, 1.807) is 18.0 Å². The van der Waals surface area contributed by atoms with Gasteiger partial charge in [-0.25, -0.2) is 4.98 Å². The van der Waals surface area contributed by atoms with Gasteiger partial charge < -0.3 is 10.1 Å². The molecule has 0 spiro atoms. The van der Waals surface area contributed by atoms with Crippen LogP contribution in [0.25, 0.3) is 0 Å². The number of methoxy groups -OCH3 is 1. The predicted octanol–water partition coefficient (Wildman–Crippen LogP) is 2.31. The Morgan fingerprint density at radius 3 is 3.12 bits per heavy atom. The van der Waals surface area contributed by atoms with Crippen LogP contribution in [0.3, 0.4) is 0 Å². The van der Waals surface area contributed by atoms with E-state index >= 15 is 0 Å². The lowest BCUT2D eigenvalue weighted by molar-refractivity contribution is -0.137. The summed E-state index contributed by atoms with van der Waals surface area (Å²) in [6.07, 6.45) is 2.86. The average molecular weight is 254 g/mol. The van der Waals surface area contributed by atoms with Gasteiger partial charge in [-0.05, 0) is 24.1 Å². The minimum Gasteiger partial charge on any atom is -0.468 e. The van der Waals surface area contributed by atoms with Gasteiger partial charge in [0.2, 0.25) is 0 Å². The molecule has 0 amide bonds. The Bertz CT molecular complexity index is 358. The second-order valence-corrected chi connectivity index (χ2v) is 4.53. The maximum absolute atomic E-state index is 10.9. The van der Waals surface area contributed by atoms with Gasteiger partial charge in [0.1, 0.15) is 5.82 Å². The van der Waals surface area contributed by atoms with Crippen molar-refractivity contribution in [1.82, 2.24) is 4.98 Å². The van der Waals surface area contributed by atoms with Crippen LogP contribution in [0.1, 0.15) is 18.9 Å². The van der Waals surface area contributed by atoms with Crippen LogP contribution in [0.15, 0.2) is 18.3 Å². The molecule has 1 aromatic rings. The molecule has 0 fully saturated rings. The maximum Gasteiger partial charge on any atom is 0.315 e. The Labute approximate surface area is 106 Å². The van der Waals surface area contributed by atoms with Crippen LogP contribution in [0.4, 0.5) is 5.82 Å². The number of ether oxygens (including phenoxy) is 1. The lowest BCUT2D eigenvalue weighted by atomic mass is 10.3. The monoisotopic (exact) mass is 254 g/mol. The van der Waals surface area contributed by atoms with Crippen molar-refractivity contribution in [2.24, 2.45) is 0 Å². The first-order chi connectivity index (χ1) is 8.26. The maximum atomic E-state index is 10.9. The average Bonchev–Trinajstić information content (AvgIpc) is 2.36. The molecule has 1 heterocycles. The summed E-state index contributed by atoms with van der Waals surface area (Å²) in [4.78, 5) is 15.2. The van der Waals surface area contributed by atoms with Crippen molar-refractivity contribution in [3.05, 3.63) is 23.9 Å². The van der Waals surface area contributed by atoms with Gasteiger partial charge in [0.15, 0.2) is 0 Å². The molecular weight excluding hydrogens is 236 g/mol. The number of hydrogen-bond acceptors (Lipinski definition) is 5. The highest BCUT2D eigenvalue weighted by molar-refractivity contribution is 7.99. The quantitative estimate of drug-likeness (QED) is 0.757. The van der Waals surface area contributed by atoms with Gasteiger partial charge in [0.25, 0.3) is 0 Å². The SMILES string of the molecule is CCCNc1cc(CSCC(=O)OC)ccn1. The van der Waals surface area contributed by atoms with E-state index in [1.165, 1.54) is 7.11 Å². The molecule has 0 saturated carbocycles. The van der Waals surface area contributed by atoms with E-state index in [4.69, 9.17) is 0 Å². The number of pyridine rings is 1. The number of thioether (sulfide) groups is 1. The Morgan fingerprint density at radius 1 is 1.59 bits per heavy atom. The highest BCUT2D eigenvalue weighted by Gasteiger charge is 2.01. The highest BCUT2D eigenvalue weighted by atomic mass is 32.2. The van der Waals surface area contributed by atoms with Gasteiger partial charge >= 0.3 is 5.97 Å². The van der Waals surface area contributed by atoms with E-state index in [0.29, 0.717) is 5.75 Å². The van der Waals surface area contributed by atoms with Gasteiger partial charge in [-0.2, -0.15) is 0 Å². The largest absolute Gasteiger partial charge is 0.468 e. The molecule has 1 rings (SSSR count). The number of rotatable bonds is 7. The summed E-state index contributed by atoms with van der Waals surface area (Å²) in [6.45, 7) is 3.04. The van der Waals surface area contributed by atoms with Crippen molar-refractivity contribution in [3.63, 3.8) is 0 Å². The van der Waals surface area contributed by atoms with Crippen molar-refractivity contribution < 1.29 is 9.53 Å². The van der Waals surface area contributed by atoms with Gasteiger partial charge in [0.05, 0.1) is 12.9 Å². The second kappa shape index (κ2) is 7.95. The van der Waals surface area contributed by atoms with Crippen molar-refractivity contribution >= 4 is 23.5 Å². The first-order valence-corrected chi connectivity index (χ1v) is 6.75. The molecule has 94 valence electrons. The Balaban J connectivity index is 2.40. The molecule has 1 aromatic heterocycles. The summed E-state index contributed by atoms with van der Waals surface area (Å²) >= 11 is 1.54. The van der Waals surface area contributed by atoms with Gasteiger partial charge in [-0.15, -0.1) is 11.8 Å². The number of carbonyl (C=O) groups is 1. The van der Waals surface area contributed by atoms with Gasteiger partial charge in [-0.1, -0.05) is 6.92 Å². The normalized spacial score (nSPS) is 10.0. The van der Waals surface area contributed by atoms with E-state index in [9.17, 15) is 4.79 Å². The summed E-state index contributed by atoms with van der Waals surface area (Å²) in [6, 6.07) is 3.97. The van der Waals surface area contributed by atoms with Crippen LogP contribution in [0, 0.1) is 0 Å². The fraction of sp³-hybridized carbons (Fsp3) is 0.500. The molecule has 0 atom stereocenters. The van der Waals surface area contributed by atoms with Crippen LogP contribution in [-0.4, -0.2) is 30.4 Å². The molecule has 0 aromatic carbocycles. The van der Waals surface area contributed by atoms with Gasteiger partial charge in [-0.3, -0.25) is 4.79 Å². The van der Waals surface area contributed by atoms with E-state index in [0.717, 1.165) is 30.1 Å². The molecule has 1 N–H and O–H groups in total. The number of aromatic nitrogens is 1. The van der Waals surface area contributed by atoms with Crippen LogP contribution < -0.4 is 5.32 Å². The summed E-state index contributed by atoms with van der Waals surface area (Å²) in [5.74, 6) is 1.88. The molecule has 0 bridgehead atoms. The number of hydrogen-bond donors (Lipinski definition) is 1. The smallest absolute Gasteiger partial charge is 0.315 e. The standard InChI is InChI=1S/C12H18N2O2S/c1-3-5-13-11-7-10(4-6-14-11)8-17-9-12(15)16-2/h4,6-7H,3,5,8-9H2,1-2H3,(H,13,14). The van der Waals surface area contributed by atoms with E-state index in [1.807, 2.05) is 12.1 Å². The predicted molar refractivity (Wildman–Crippen MR) is 71.2 cm³/mol. The fourth-order valence-electron chi connectivity index (χ4n) is 1.22. The van der Waals surface area contributed by atoms with Crippen LogP contribution >= 0.6 is 11.8 Å². The molecule has 0 aliphatic carbocycles. The zero-order valence-corrected chi connectivity index (χ0v) is 11.0. The first kappa shape index (κ1) is 13.8. The Kier molecular flexibility index (Phi) is 6.47. The zero-order valence-electron chi connectivity index (χ0n) is 10.2. The van der Waals surface area contributed by atoms with E-state index in [2.05, 4.69) is 22.0 Å². The molecule has 0 aliphatic heterocycles. The van der Waals surface area contributed by atoms with Crippen LogP contribution in [0.5, 0.6) is 0 Å². The molecule has 4 nitrogen and oxygen atoms in total. The summed E-state index contributed by atoms with van der Waals surface area (Å²) in [5, 5.41) is 3.23. The summed E-state index contributed by atoms with van der Waals surface area (Å²) < 4.78 is 4.58. The minimum absolute atomic E-state index is 0.187. The number of nitrogens with one attached hydrogen (secondary N) is 1. The Morgan fingerprint density at radius 2 is 2.41 bits per heavy atom. The number of esters is 1. The summed E-state index contributed by atoms with van der Waals surface area (Å²) in [5.41, 5.74) is 1.16. The molecule has 5 heteroatoms. The topological polar surface area (TPSA) is 51.2 Å². The third-order valence-electron chi connectivity index (χ3n) is 2.10. The molecular formula is C12H18N2O2S. The molecule has 0 saturated heterocycles. The van der Waals surface area contributed by atoms with Crippen molar-refractivity contribution in [3.8, 4) is 0 Å². The van der Waals surface area contributed by atoms with Crippen molar-refractivity contribution in [2.45, 2.75) is 19.1 Å². The number of nitrogens with zero attached hydrogens (tertiary/aromatic N) is 1. The van der Waals surface area contributed by atoms with Crippen LogP contribution in [-0.2, 0) is 15.3 Å². The minimum atomic E-state index is -0.187. The highest BCUT2D eigenvalue weighted by Crippen LogP contribution is 2.14. The van der Waals surface area contributed by atoms with E-state index < -0.39 is 0 Å². The van der Waals surface area contributed by atoms with E-state index in [-0.39, 0.29) is 5.97 Å². The van der Waals surface area contributed by atoms with Gasteiger partial charge in [0, 0.05) is 18.5 Å². The molecule has 0 aliphatic rings. The lowest BCUT2D eigenvalue weighted by Gasteiger charge is -2.06. The zero-order chi connectivity index (χ0) is 12.5. The fourth-order valence-corrected chi connectivity index (χ4v) is 2.03. The van der Waals surface area contributed by atoms with Crippen molar-refractivity contribution in [2.75, 3.05) is 24.7 Å². The Hall–Kier alpha value is -1.23. The molecule has 17 heavy (non-hydrogen) atoms. The number of carbonyl (C=O) groups excluding carboxylic acids is 1. The first-order valence-electron chi connectivity index (χ1n) is 5.59. The lowest BCUT2D eigenvalue weighted by Crippen LogP contribution is -2.04. The molecule has 0 radical (unpaired) electrons. The third kappa shape index (κ3) is 5.58. The summed E-state index contributed by atoms with van der Waals surface area (Å²) in [7, 11) is 1.40.